The van der Waals surface area contributed by atoms with E-state index in [1.165, 1.54) is 0 Å². The molecule has 0 saturated heterocycles. The Balaban J connectivity index is 3.22. The maximum absolute atomic E-state index is 11.1. The number of urea groups is 2. The quantitative estimate of drug-likeness (QED) is 0.361. The largest absolute Gasteiger partial charge is 0.338 e. The van der Waals surface area contributed by atoms with E-state index in [-0.39, 0.29) is 12.1 Å². The van der Waals surface area contributed by atoms with Gasteiger partial charge in [0, 0.05) is 37.9 Å². The van der Waals surface area contributed by atoms with Crippen molar-refractivity contribution in [3.63, 3.8) is 0 Å². The van der Waals surface area contributed by atoms with Crippen molar-refractivity contribution in [1.29, 1.82) is 0 Å². The molecule has 6 nitrogen and oxygen atoms in total. The Hall–Kier alpha value is -0.880. The van der Waals surface area contributed by atoms with Gasteiger partial charge in [0.15, 0.2) is 0 Å². The van der Waals surface area contributed by atoms with Gasteiger partial charge in [-0.15, -0.1) is 23.2 Å². The Bertz CT molecular complexity index is 231. The van der Waals surface area contributed by atoms with Crippen LogP contribution in [0.4, 0.5) is 9.59 Å². The Morgan fingerprint density at radius 2 is 1.00 bits per heavy atom. The van der Waals surface area contributed by atoms with Gasteiger partial charge in [0.1, 0.15) is 0 Å². The third-order valence-corrected chi connectivity index (χ3v) is 2.56. The molecule has 4 amide bonds. The number of hydrogen-bond donors (Lipinski definition) is 4. The van der Waals surface area contributed by atoms with Crippen LogP contribution in [0.5, 0.6) is 0 Å². The number of halogens is 2. The van der Waals surface area contributed by atoms with Gasteiger partial charge in [-0.3, -0.25) is 0 Å². The lowest BCUT2D eigenvalue weighted by atomic mass is 10.2. The minimum atomic E-state index is -0.195. The first-order chi connectivity index (χ1) is 9.20. The fourth-order valence-electron chi connectivity index (χ4n) is 1.28. The van der Waals surface area contributed by atoms with Crippen molar-refractivity contribution in [2.45, 2.75) is 19.3 Å². The zero-order chi connectivity index (χ0) is 14.3. The van der Waals surface area contributed by atoms with Crippen LogP contribution in [0.3, 0.4) is 0 Å². The van der Waals surface area contributed by atoms with Crippen LogP contribution in [0.1, 0.15) is 19.3 Å². The summed E-state index contributed by atoms with van der Waals surface area (Å²) in [6.45, 7) is 2.17. The lowest BCUT2D eigenvalue weighted by Crippen LogP contribution is -2.37. The molecule has 0 atom stereocenters. The number of amides is 4. The number of nitrogens with one attached hydrogen (secondary N) is 4. The number of alkyl halides is 2. The summed E-state index contributed by atoms with van der Waals surface area (Å²) in [5.41, 5.74) is 0. The fourth-order valence-corrected chi connectivity index (χ4v) is 1.47. The minimum absolute atomic E-state index is 0.195. The van der Waals surface area contributed by atoms with Crippen LogP contribution in [0.2, 0.25) is 0 Å². The molecule has 0 rings (SSSR count). The van der Waals surface area contributed by atoms with E-state index < -0.39 is 0 Å². The van der Waals surface area contributed by atoms with Crippen molar-refractivity contribution < 1.29 is 9.59 Å². The molecule has 0 aliphatic carbocycles. The highest BCUT2D eigenvalue weighted by Gasteiger charge is 1.99. The molecule has 0 radical (unpaired) electrons. The molecule has 0 aromatic rings. The summed E-state index contributed by atoms with van der Waals surface area (Å²) < 4.78 is 0. The zero-order valence-corrected chi connectivity index (χ0v) is 12.4. The van der Waals surface area contributed by atoms with Crippen molar-refractivity contribution >= 4 is 35.3 Å². The summed E-state index contributed by atoms with van der Waals surface area (Å²) in [6, 6.07) is -0.390. The minimum Gasteiger partial charge on any atom is -0.338 e. The highest BCUT2D eigenvalue weighted by molar-refractivity contribution is 6.18. The van der Waals surface area contributed by atoms with Crippen molar-refractivity contribution in [2.75, 3.05) is 37.9 Å². The van der Waals surface area contributed by atoms with Crippen molar-refractivity contribution in [2.24, 2.45) is 0 Å². The summed E-state index contributed by atoms with van der Waals surface area (Å²) in [6.07, 6.45) is 2.68. The van der Waals surface area contributed by atoms with Gasteiger partial charge < -0.3 is 21.3 Å². The second kappa shape index (κ2) is 13.5. The molecule has 0 unspecified atom stereocenters. The van der Waals surface area contributed by atoms with Gasteiger partial charge >= 0.3 is 12.1 Å². The molecule has 112 valence electrons. The maximum Gasteiger partial charge on any atom is 0.314 e. The average molecular weight is 313 g/mol. The summed E-state index contributed by atoms with van der Waals surface area (Å²) in [5, 5.41) is 10.7. The smallest absolute Gasteiger partial charge is 0.314 e. The predicted molar refractivity (Wildman–Crippen MR) is 78.1 cm³/mol. The van der Waals surface area contributed by atoms with Crippen molar-refractivity contribution in [3.05, 3.63) is 0 Å². The molecule has 0 aliphatic heterocycles. The monoisotopic (exact) mass is 312 g/mol. The molecule has 0 aromatic carbocycles. The van der Waals surface area contributed by atoms with E-state index in [1.807, 2.05) is 0 Å². The first-order valence-corrected chi connectivity index (χ1v) is 7.43. The van der Waals surface area contributed by atoms with Crippen LogP contribution in [-0.2, 0) is 0 Å². The van der Waals surface area contributed by atoms with Gasteiger partial charge in [0.25, 0.3) is 0 Å². The molecule has 0 spiro atoms. The second-order valence-corrected chi connectivity index (χ2v) is 4.56. The second-order valence-electron chi connectivity index (χ2n) is 3.80. The predicted octanol–water partition coefficient (Wildman–Crippen LogP) is 1.23. The highest BCUT2D eigenvalue weighted by Crippen LogP contribution is 1.92. The van der Waals surface area contributed by atoms with E-state index in [1.54, 1.807) is 0 Å². The Kier molecular flexibility index (Phi) is 12.9. The third-order valence-electron chi connectivity index (χ3n) is 2.18. The van der Waals surface area contributed by atoms with Gasteiger partial charge in [-0.05, 0) is 19.3 Å². The molecule has 0 heterocycles. The van der Waals surface area contributed by atoms with Crippen LogP contribution in [0, 0.1) is 0 Å². The SMILES string of the molecule is O=C(NCCCl)NCCCCCNC(=O)NCCCl. The fraction of sp³-hybridized carbons (Fsp3) is 0.818. The first kappa shape index (κ1) is 18.1. The molecular formula is C11H22Cl2N4O2. The molecule has 0 saturated carbocycles. The summed E-state index contributed by atoms with van der Waals surface area (Å²) in [5.74, 6) is 0.815. The number of carbonyl (C=O) groups excluding carboxylic acids is 2. The van der Waals surface area contributed by atoms with Crippen molar-refractivity contribution in [3.8, 4) is 0 Å². The molecule has 8 heteroatoms. The number of hydrogen-bond acceptors (Lipinski definition) is 2. The Morgan fingerprint density at radius 3 is 1.37 bits per heavy atom. The van der Waals surface area contributed by atoms with Gasteiger partial charge in [-0.2, -0.15) is 0 Å². The van der Waals surface area contributed by atoms with E-state index >= 15 is 0 Å². The highest BCUT2D eigenvalue weighted by atomic mass is 35.5. The van der Waals surface area contributed by atoms with Crippen LogP contribution >= 0.6 is 23.2 Å². The van der Waals surface area contributed by atoms with Gasteiger partial charge in [0.2, 0.25) is 0 Å². The van der Waals surface area contributed by atoms with Gasteiger partial charge in [0.05, 0.1) is 0 Å². The zero-order valence-electron chi connectivity index (χ0n) is 10.9. The van der Waals surface area contributed by atoms with Crippen LogP contribution in [0.25, 0.3) is 0 Å². The number of unbranched alkanes of at least 4 members (excludes halogenated alkanes) is 2. The van der Waals surface area contributed by atoms with Crippen LogP contribution in [0.15, 0.2) is 0 Å². The summed E-state index contributed by atoms with van der Waals surface area (Å²) >= 11 is 10.9. The topological polar surface area (TPSA) is 82.3 Å². The van der Waals surface area contributed by atoms with Crippen molar-refractivity contribution in [1.82, 2.24) is 21.3 Å². The Morgan fingerprint density at radius 1 is 0.632 bits per heavy atom. The van der Waals surface area contributed by atoms with Gasteiger partial charge in [-0.1, -0.05) is 0 Å². The van der Waals surface area contributed by atoms with E-state index in [0.29, 0.717) is 37.9 Å². The van der Waals surface area contributed by atoms with E-state index in [0.717, 1.165) is 19.3 Å². The molecule has 4 N–H and O–H groups in total. The summed E-state index contributed by atoms with van der Waals surface area (Å²) in [7, 11) is 0. The average Bonchev–Trinajstić information content (AvgIpc) is 2.41. The summed E-state index contributed by atoms with van der Waals surface area (Å²) in [4.78, 5) is 22.2. The lowest BCUT2D eigenvalue weighted by Gasteiger charge is -2.07. The van der Waals surface area contributed by atoms with E-state index in [2.05, 4.69) is 21.3 Å². The molecule has 0 aromatic heterocycles. The molecule has 19 heavy (non-hydrogen) atoms. The standard InChI is InChI=1S/C11H22Cl2N4O2/c12-4-8-16-10(18)14-6-2-1-3-7-15-11(19)17-9-5-13/h1-9H2,(H2,14,16,18)(H2,15,17,19). The normalized spacial score (nSPS) is 9.79. The maximum atomic E-state index is 11.1. The Labute approximate surface area is 124 Å². The first-order valence-electron chi connectivity index (χ1n) is 6.36. The lowest BCUT2D eigenvalue weighted by molar-refractivity contribution is 0.241. The molecule has 0 fully saturated rings. The number of rotatable bonds is 10. The third kappa shape index (κ3) is 13.4. The van der Waals surface area contributed by atoms with E-state index in [4.69, 9.17) is 23.2 Å². The van der Waals surface area contributed by atoms with E-state index in [9.17, 15) is 9.59 Å². The van der Waals surface area contributed by atoms with Gasteiger partial charge in [-0.25, -0.2) is 9.59 Å². The van der Waals surface area contributed by atoms with Crippen LogP contribution < -0.4 is 21.3 Å². The molecule has 0 aliphatic rings. The molecular weight excluding hydrogens is 291 g/mol. The molecule has 0 bridgehead atoms. The van der Waals surface area contributed by atoms with Crippen LogP contribution in [-0.4, -0.2) is 50.0 Å². The number of carbonyl (C=O) groups is 2.